The molecule has 26 heavy (non-hydrogen) atoms. The Morgan fingerprint density at radius 2 is 1.96 bits per heavy atom. The number of methoxy groups -OCH3 is 1. The average molecular weight is 395 g/mol. The molecule has 1 aliphatic rings. The van der Waals surface area contributed by atoms with Crippen molar-refractivity contribution in [3.8, 4) is 5.75 Å². The number of hydrogen-bond acceptors (Lipinski definition) is 4. The fraction of sp³-hybridized carbons (Fsp3) is 0.278. The number of benzene rings is 2. The smallest absolute Gasteiger partial charge is 0.244 e. The Hall–Kier alpha value is -2.09. The van der Waals surface area contributed by atoms with Gasteiger partial charge in [0.05, 0.1) is 12.0 Å². The minimum Gasteiger partial charge on any atom is -0.497 e. The van der Waals surface area contributed by atoms with Crippen LogP contribution >= 0.6 is 11.6 Å². The molecular weight excluding hydrogens is 376 g/mol. The Balaban J connectivity index is 2.10. The summed E-state index contributed by atoms with van der Waals surface area (Å²) in [6, 6.07) is 10.5. The van der Waals surface area contributed by atoms with E-state index in [1.807, 2.05) is 0 Å². The van der Waals surface area contributed by atoms with Crippen LogP contribution in [0, 0.1) is 6.92 Å². The summed E-state index contributed by atoms with van der Waals surface area (Å²) in [6.45, 7) is 2.10. The molecule has 1 unspecified atom stereocenters. The van der Waals surface area contributed by atoms with Crippen LogP contribution in [-0.4, -0.2) is 38.8 Å². The Morgan fingerprint density at radius 3 is 2.62 bits per heavy atom. The van der Waals surface area contributed by atoms with E-state index in [0.29, 0.717) is 21.9 Å². The number of nitrogens with one attached hydrogen (secondary N) is 1. The topological polar surface area (TPSA) is 75.7 Å². The summed E-state index contributed by atoms with van der Waals surface area (Å²) in [7, 11) is -2.39. The minimum atomic E-state index is -3.91. The highest BCUT2D eigenvalue weighted by Crippen LogP contribution is 2.34. The number of rotatable bonds is 4. The molecule has 2 aromatic rings. The lowest BCUT2D eigenvalue weighted by molar-refractivity contribution is -0.126. The summed E-state index contributed by atoms with van der Waals surface area (Å²) in [4.78, 5) is 12.7. The van der Waals surface area contributed by atoms with Gasteiger partial charge in [0.15, 0.2) is 0 Å². The van der Waals surface area contributed by atoms with Crippen molar-refractivity contribution in [2.45, 2.75) is 17.9 Å². The molecule has 0 aromatic heterocycles. The third-order valence-electron chi connectivity index (χ3n) is 4.34. The van der Waals surface area contributed by atoms with Crippen LogP contribution in [0.5, 0.6) is 5.75 Å². The van der Waals surface area contributed by atoms with E-state index in [1.54, 1.807) is 43.3 Å². The number of ether oxygens (including phenoxy) is 1. The third kappa shape index (κ3) is 3.30. The van der Waals surface area contributed by atoms with Crippen molar-refractivity contribution in [3.05, 3.63) is 58.6 Å². The molecule has 1 atom stereocenters. The highest BCUT2D eigenvalue weighted by Gasteiger charge is 2.40. The van der Waals surface area contributed by atoms with Crippen molar-refractivity contribution < 1.29 is 17.9 Å². The average Bonchev–Trinajstić information content (AvgIpc) is 2.62. The first-order valence-electron chi connectivity index (χ1n) is 8.05. The summed E-state index contributed by atoms with van der Waals surface area (Å²) in [5.41, 5.74) is 1.01. The van der Waals surface area contributed by atoms with Gasteiger partial charge >= 0.3 is 0 Å². The van der Waals surface area contributed by atoms with Crippen LogP contribution < -0.4 is 10.1 Å². The first-order chi connectivity index (χ1) is 12.4. The summed E-state index contributed by atoms with van der Waals surface area (Å²) < 4.78 is 33.0. The lowest BCUT2D eigenvalue weighted by atomic mass is 10.0. The maximum Gasteiger partial charge on any atom is 0.244 e. The highest BCUT2D eigenvalue weighted by molar-refractivity contribution is 7.89. The summed E-state index contributed by atoms with van der Waals surface area (Å²) in [5.74, 6) is 0.180. The summed E-state index contributed by atoms with van der Waals surface area (Å²) >= 11 is 6.24. The zero-order chi connectivity index (χ0) is 18.9. The largest absolute Gasteiger partial charge is 0.497 e. The Kier molecular flexibility index (Phi) is 5.22. The Morgan fingerprint density at radius 1 is 1.23 bits per heavy atom. The van der Waals surface area contributed by atoms with Crippen LogP contribution in [0.3, 0.4) is 0 Å². The van der Waals surface area contributed by atoms with Crippen LogP contribution in [0.4, 0.5) is 0 Å². The highest BCUT2D eigenvalue weighted by atomic mass is 35.5. The number of halogens is 1. The van der Waals surface area contributed by atoms with Gasteiger partial charge in [0.2, 0.25) is 15.9 Å². The van der Waals surface area contributed by atoms with E-state index >= 15 is 0 Å². The number of nitrogens with zero attached hydrogens (tertiary/aromatic N) is 1. The second-order valence-electron chi connectivity index (χ2n) is 5.96. The number of carbonyl (C=O) groups is 1. The fourth-order valence-electron chi connectivity index (χ4n) is 3.06. The Labute approximate surface area is 157 Å². The molecule has 1 N–H and O–H groups in total. The molecule has 0 spiro atoms. The van der Waals surface area contributed by atoms with Gasteiger partial charge in [0.1, 0.15) is 11.8 Å². The SMILES string of the molecule is COc1ccc(S(=O)(=O)N2CCNC(=O)C2c2ccccc2Cl)c(C)c1. The maximum absolute atomic E-state index is 13.3. The quantitative estimate of drug-likeness (QED) is 0.864. The number of amides is 1. The number of carbonyl (C=O) groups excluding carboxylic acids is 1. The molecule has 1 heterocycles. The number of sulfonamides is 1. The van der Waals surface area contributed by atoms with E-state index in [4.69, 9.17) is 16.3 Å². The summed E-state index contributed by atoms with van der Waals surface area (Å²) in [5, 5.41) is 3.07. The molecule has 0 saturated carbocycles. The van der Waals surface area contributed by atoms with E-state index in [1.165, 1.54) is 17.5 Å². The molecular formula is C18H19ClN2O4S. The van der Waals surface area contributed by atoms with Crippen LogP contribution in [0.1, 0.15) is 17.2 Å². The van der Waals surface area contributed by atoms with Gasteiger partial charge in [0.25, 0.3) is 0 Å². The molecule has 8 heteroatoms. The van der Waals surface area contributed by atoms with Gasteiger partial charge in [-0.2, -0.15) is 4.31 Å². The molecule has 0 bridgehead atoms. The monoisotopic (exact) mass is 394 g/mol. The van der Waals surface area contributed by atoms with Crippen LogP contribution in [0.2, 0.25) is 5.02 Å². The predicted molar refractivity (Wildman–Crippen MR) is 98.8 cm³/mol. The van der Waals surface area contributed by atoms with E-state index in [0.717, 1.165) is 0 Å². The van der Waals surface area contributed by atoms with Crippen LogP contribution in [0.15, 0.2) is 47.4 Å². The molecule has 0 aliphatic carbocycles. The van der Waals surface area contributed by atoms with E-state index in [-0.39, 0.29) is 23.9 Å². The van der Waals surface area contributed by atoms with Crippen molar-refractivity contribution in [1.29, 1.82) is 0 Å². The maximum atomic E-state index is 13.3. The zero-order valence-electron chi connectivity index (χ0n) is 14.4. The van der Waals surface area contributed by atoms with E-state index in [2.05, 4.69) is 5.32 Å². The lowest BCUT2D eigenvalue weighted by Gasteiger charge is -2.35. The van der Waals surface area contributed by atoms with Gasteiger partial charge in [-0.15, -0.1) is 0 Å². The van der Waals surface area contributed by atoms with Crippen molar-refractivity contribution in [1.82, 2.24) is 9.62 Å². The number of hydrogen-bond donors (Lipinski definition) is 1. The Bertz CT molecular complexity index is 946. The molecule has 1 aliphatic heterocycles. The molecule has 6 nitrogen and oxygen atoms in total. The molecule has 3 rings (SSSR count). The van der Waals surface area contributed by atoms with Gasteiger partial charge in [-0.05, 0) is 42.3 Å². The van der Waals surface area contributed by atoms with Gasteiger partial charge in [-0.25, -0.2) is 8.42 Å². The molecule has 138 valence electrons. The number of piperazine rings is 1. The molecule has 1 fully saturated rings. The zero-order valence-corrected chi connectivity index (χ0v) is 16.0. The molecule has 0 radical (unpaired) electrons. The van der Waals surface area contributed by atoms with Gasteiger partial charge in [-0.1, -0.05) is 29.8 Å². The predicted octanol–water partition coefficient (Wildman–Crippen LogP) is 2.52. The van der Waals surface area contributed by atoms with Crippen molar-refractivity contribution >= 4 is 27.5 Å². The van der Waals surface area contributed by atoms with Crippen LogP contribution in [0.25, 0.3) is 0 Å². The molecule has 1 saturated heterocycles. The van der Waals surface area contributed by atoms with Crippen molar-refractivity contribution in [2.24, 2.45) is 0 Å². The molecule has 1 amide bonds. The summed E-state index contributed by atoms with van der Waals surface area (Å²) in [6.07, 6.45) is 0. The second kappa shape index (κ2) is 7.26. The van der Waals surface area contributed by atoms with E-state index in [9.17, 15) is 13.2 Å². The van der Waals surface area contributed by atoms with Crippen molar-refractivity contribution in [3.63, 3.8) is 0 Å². The van der Waals surface area contributed by atoms with Gasteiger partial charge in [0, 0.05) is 18.1 Å². The first kappa shape index (κ1) is 18.7. The van der Waals surface area contributed by atoms with E-state index < -0.39 is 16.1 Å². The standard InChI is InChI=1S/C18H19ClN2O4S/c1-12-11-13(25-2)7-8-16(12)26(23,24)21-10-9-20-18(22)17(21)14-5-3-4-6-15(14)19/h3-8,11,17H,9-10H2,1-2H3,(H,20,22). The van der Waals surface area contributed by atoms with Crippen molar-refractivity contribution in [2.75, 3.05) is 20.2 Å². The fourth-order valence-corrected chi connectivity index (χ4v) is 5.08. The number of aryl methyl sites for hydroxylation is 1. The van der Waals surface area contributed by atoms with Gasteiger partial charge < -0.3 is 10.1 Å². The third-order valence-corrected chi connectivity index (χ3v) is 6.71. The lowest BCUT2D eigenvalue weighted by Crippen LogP contribution is -2.52. The normalized spacial score (nSPS) is 18.4. The molecule has 2 aromatic carbocycles. The first-order valence-corrected chi connectivity index (χ1v) is 9.86. The van der Waals surface area contributed by atoms with Crippen LogP contribution in [-0.2, 0) is 14.8 Å². The minimum absolute atomic E-state index is 0.144. The second-order valence-corrected chi connectivity index (χ2v) is 8.23. The van der Waals surface area contributed by atoms with Gasteiger partial charge in [-0.3, -0.25) is 4.79 Å².